The highest BCUT2D eigenvalue weighted by molar-refractivity contribution is 5.98. The highest BCUT2D eigenvalue weighted by Gasteiger charge is 2.45. The van der Waals surface area contributed by atoms with Crippen molar-refractivity contribution < 1.29 is 33.2 Å². The number of aliphatic hydroxyl groups is 3. The lowest BCUT2D eigenvalue weighted by Crippen LogP contribution is -2.33. The number of fused-ring (bicyclic) bond motifs is 1. The zero-order valence-corrected chi connectivity index (χ0v) is 14.7. The first-order valence-electron chi connectivity index (χ1n) is 8.51. The second-order valence-corrected chi connectivity index (χ2v) is 6.55. The Morgan fingerprint density at radius 2 is 1.79 bits per heavy atom. The van der Waals surface area contributed by atoms with Crippen LogP contribution in [0.1, 0.15) is 11.8 Å². The van der Waals surface area contributed by atoms with Gasteiger partial charge in [0.25, 0.3) is 0 Å². The first kappa shape index (κ1) is 19.5. The standard InChI is InChI=1S/C17H16F3N5O4/c18-17(19,20)8-3-1-7(2-4-8)11-10-14(21)22-6-23-15(10)25(24-11)16-13(28)12(27)9(5-26)29-16/h1-4,6,9,12-13,16,26-28H,5H2,(H2,21,22,23)/t9-,12-,13-,16-/m1/s1. The summed E-state index contributed by atoms with van der Waals surface area (Å²) in [6.45, 7) is -0.531. The van der Waals surface area contributed by atoms with Gasteiger partial charge in [0.2, 0.25) is 0 Å². The molecule has 0 unspecified atom stereocenters. The SMILES string of the molecule is Nc1ncnc2c1c(-c1ccc(C(F)(F)F)cc1)nn2[C@@H]1O[C@H](CO)[C@@H](O)[C@H]1O. The van der Waals surface area contributed by atoms with Crippen molar-refractivity contribution in [3.8, 4) is 11.3 Å². The van der Waals surface area contributed by atoms with Crippen molar-refractivity contribution in [2.24, 2.45) is 0 Å². The van der Waals surface area contributed by atoms with E-state index in [9.17, 15) is 28.5 Å². The van der Waals surface area contributed by atoms with Gasteiger partial charge < -0.3 is 25.8 Å². The molecular formula is C17H16F3N5O4. The van der Waals surface area contributed by atoms with Gasteiger partial charge in [0, 0.05) is 5.56 Å². The quantitative estimate of drug-likeness (QED) is 0.494. The molecule has 9 nitrogen and oxygen atoms in total. The molecule has 4 atom stereocenters. The molecule has 3 heterocycles. The molecule has 1 aromatic carbocycles. The summed E-state index contributed by atoms with van der Waals surface area (Å²) in [7, 11) is 0. The number of anilines is 1. The zero-order valence-electron chi connectivity index (χ0n) is 14.7. The van der Waals surface area contributed by atoms with Crippen molar-refractivity contribution in [2.75, 3.05) is 12.3 Å². The summed E-state index contributed by atoms with van der Waals surface area (Å²) >= 11 is 0. The van der Waals surface area contributed by atoms with Gasteiger partial charge in [-0.1, -0.05) is 12.1 Å². The van der Waals surface area contributed by atoms with Crippen LogP contribution < -0.4 is 5.73 Å². The van der Waals surface area contributed by atoms with E-state index in [1.165, 1.54) is 16.8 Å². The van der Waals surface area contributed by atoms with Crippen LogP contribution in [0.2, 0.25) is 0 Å². The number of nitrogen functional groups attached to an aromatic ring is 1. The van der Waals surface area contributed by atoms with E-state index in [-0.39, 0.29) is 22.5 Å². The summed E-state index contributed by atoms with van der Waals surface area (Å²) in [5.41, 5.74) is 5.78. The van der Waals surface area contributed by atoms with E-state index < -0.39 is 42.9 Å². The molecule has 1 aliphatic heterocycles. The van der Waals surface area contributed by atoms with Gasteiger partial charge in [-0.15, -0.1) is 0 Å². The van der Waals surface area contributed by atoms with Crippen LogP contribution in [-0.2, 0) is 10.9 Å². The average Bonchev–Trinajstić information content (AvgIpc) is 3.20. The molecule has 0 aliphatic carbocycles. The molecule has 0 amide bonds. The van der Waals surface area contributed by atoms with E-state index in [1.807, 2.05) is 0 Å². The summed E-state index contributed by atoms with van der Waals surface area (Å²) in [5, 5.41) is 34.2. The second-order valence-electron chi connectivity index (χ2n) is 6.55. The van der Waals surface area contributed by atoms with E-state index in [0.717, 1.165) is 18.5 Å². The third kappa shape index (κ3) is 3.19. The molecule has 12 heteroatoms. The van der Waals surface area contributed by atoms with Crippen LogP contribution in [0.4, 0.5) is 19.0 Å². The summed E-state index contributed by atoms with van der Waals surface area (Å²) < 4.78 is 45.2. The van der Waals surface area contributed by atoms with E-state index >= 15 is 0 Å². The summed E-state index contributed by atoms with van der Waals surface area (Å²) in [4.78, 5) is 7.99. The first-order valence-corrected chi connectivity index (χ1v) is 8.51. The van der Waals surface area contributed by atoms with E-state index in [2.05, 4.69) is 15.1 Å². The molecule has 4 rings (SSSR count). The summed E-state index contributed by atoms with van der Waals surface area (Å²) in [6, 6.07) is 4.29. The molecule has 1 saturated heterocycles. The topological polar surface area (TPSA) is 140 Å². The monoisotopic (exact) mass is 411 g/mol. The number of halogens is 3. The predicted octanol–water partition coefficient (Wildman–Crippen LogP) is 0.706. The largest absolute Gasteiger partial charge is 0.416 e. The van der Waals surface area contributed by atoms with Gasteiger partial charge in [0.15, 0.2) is 11.9 Å². The number of nitrogens with zero attached hydrogens (tertiary/aromatic N) is 4. The fourth-order valence-corrected chi connectivity index (χ4v) is 3.27. The molecule has 1 fully saturated rings. The molecule has 154 valence electrons. The van der Waals surface area contributed by atoms with Gasteiger partial charge >= 0.3 is 6.18 Å². The van der Waals surface area contributed by atoms with Gasteiger partial charge in [-0.3, -0.25) is 0 Å². The number of benzene rings is 1. The number of hydrogen-bond acceptors (Lipinski definition) is 8. The predicted molar refractivity (Wildman–Crippen MR) is 93.2 cm³/mol. The number of aromatic nitrogens is 4. The number of ether oxygens (including phenoxy) is 1. The Kier molecular flexibility index (Phi) is 4.65. The van der Waals surface area contributed by atoms with Crippen LogP contribution in [0.25, 0.3) is 22.3 Å². The maximum Gasteiger partial charge on any atom is 0.416 e. The van der Waals surface area contributed by atoms with Crippen molar-refractivity contribution in [2.45, 2.75) is 30.7 Å². The van der Waals surface area contributed by atoms with Gasteiger partial charge in [0.05, 0.1) is 17.6 Å². The van der Waals surface area contributed by atoms with Crippen LogP contribution in [-0.4, -0.2) is 60.0 Å². The first-order chi connectivity index (χ1) is 13.7. The maximum atomic E-state index is 12.8. The van der Waals surface area contributed by atoms with Crippen LogP contribution in [0, 0.1) is 0 Å². The van der Waals surface area contributed by atoms with Gasteiger partial charge in [-0.05, 0) is 12.1 Å². The van der Waals surface area contributed by atoms with Crippen molar-refractivity contribution in [1.82, 2.24) is 19.7 Å². The molecule has 0 saturated carbocycles. The number of nitrogens with two attached hydrogens (primary N) is 1. The molecule has 5 N–H and O–H groups in total. The van der Waals surface area contributed by atoms with Crippen molar-refractivity contribution >= 4 is 16.9 Å². The molecule has 1 aliphatic rings. The van der Waals surface area contributed by atoms with E-state index in [4.69, 9.17) is 10.5 Å². The lowest BCUT2D eigenvalue weighted by Gasteiger charge is -2.15. The minimum Gasteiger partial charge on any atom is -0.394 e. The fraction of sp³-hybridized carbons (Fsp3) is 0.353. The molecule has 0 bridgehead atoms. The smallest absolute Gasteiger partial charge is 0.394 e. The number of rotatable bonds is 3. The lowest BCUT2D eigenvalue weighted by atomic mass is 10.1. The third-order valence-corrected chi connectivity index (χ3v) is 4.76. The van der Waals surface area contributed by atoms with Crippen LogP contribution >= 0.6 is 0 Å². The molecule has 3 aromatic rings. The number of aliphatic hydroxyl groups excluding tert-OH is 3. The van der Waals surface area contributed by atoms with Crippen molar-refractivity contribution in [1.29, 1.82) is 0 Å². The Labute approximate surface area is 161 Å². The Morgan fingerprint density at radius 3 is 2.38 bits per heavy atom. The Morgan fingerprint density at radius 1 is 1.10 bits per heavy atom. The summed E-state index contributed by atoms with van der Waals surface area (Å²) in [6.07, 6.45) is -8.34. The van der Waals surface area contributed by atoms with Gasteiger partial charge in [-0.25, -0.2) is 14.6 Å². The second kappa shape index (κ2) is 6.91. The molecule has 0 spiro atoms. The fourth-order valence-electron chi connectivity index (χ4n) is 3.27. The number of alkyl halides is 3. The van der Waals surface area contributed by atoms with Crippen molar-refractivity contribution in [3.05, 3.63) is 36.2 Å². The van der Waals surface area contributed by atoms with Crippen LogP contribution in [0.15, 0.2) is 30.6 Å². The van der Waals surface area contributed by atoms with Gasteiger partial charge in [-0.2, -0.15) is 18.3 Å². The summed E-state index contributed by atoms with van der Waals surface area (Å²) in [5.74, 6) is 0.0305. The number of hydrogen-bond donors (Lipinski definition) is 4. The normalized spacial score (nSPS) is 25.0. The highest BCUT2D eigenvalue weighted by atomic mass is 19.4. The molecular weight excluding hydrogens is 395 g/mol. The van der Waals surface area contributed by atoms with E-state index in [1.54, 1.807) is 0 Å². The van der Waals surface area contributed by atoms with Gasteiger partial charge in [0.1, 0.15) is 36.2 Å². The van der Waals surface area contributed by atoms with E-state index in [0.29, 0.717) is 5.56 Å². The van der Waals surface area contributed by atoms with Crippen molar-refractivity contribution in [3.63, 3.8) is 0 Å². The molecule has 2 aromatic heterocycles. The lowest BCUT2D eigenvalue weighted by molar-refractivity contribution is -0.137. The average molecular weight is 411 g/mol. The Bertz CT molecular complexity index is 1040. The van der Waals surface area contributed by atoms with Crippen LogP contribution in [0.5, 0.6) is 0 Å². The third-order valence-electron chi connectivity index (χ3n) is 4.76. The zero-order chi connectivity index (χ0) is 20.9. The Balaban J connectivity index is 1.84. The molecule has 0 radical (unpaired) electrons. The minimum absolute atomic E-state index is 0.0305. The maximum absolute atomic E-state index is 12.8. The minimum atomic E-state index is -4.49. The highest BCUT2D eigenvalue weighted by Crippen LogP contribution is 2.37. The molecule has 29 heavy (non-hydrogen) atoms. The Hall–Kier alpha value is -2.80. The van der Waals surface area contributed by atoms with Crippen LogP contribution in [0.3, 0.4) is 0 Å².